The van der Waals surface area contributed by atoms with E-state index in [0.717, 1.165) is 49.0 Å². The fourth-order valence-electron chi connectivity index (χ4n) is 2.92. The lowest BCUT2D eigenvalue weighted by molar-refractivity contribution is 0.463. The van der Waals surface area contributed by atoms with Gasteiger partial charge in [0.05, 0.1) is 6.54 Å². The number of nitrogens with zero attached hydrogens (tertiary/aromatic N) is 2. The maximum atomic E-state index is 6.40. The largest absolute Gasteiger partial charge is 0.371 e. The molecule has 0 fully saturated rings. The van der Waals surface area contributed by atoms with Gasteiger partial charge in [-0.05, 0) is 43.4 Å². The molecule has 1 aromatic carbocycles. The summed E-state index contributed by atoms with van der Waals surface area (Å²) < 4.78 is 0. The second-order valence-corrected chi connectivity index (χ2v) is 7.53. The molecular formula is C22H36N6. The highest BCUT2D eigenvalue weighted by molar-refractivity contribution is 5.95. The molecule has 0 saturated carbocycles. The molecule has 0 aromatic heterocycles. The second-order valence-electron chi connectivity index (χ2n) is 7.53. The minimum Gasteiger partial charge on any atom is -0.371 e. The Hall–Kier alpha value is -2.31. The molecule has 0 radical (unpaired) electrons. The predicted octanol–water partition coefficient (Wildman–Crippen LogP) is 3.20. The highest BCUT2D eigenvalue weighted by Crippen LogP contribution is 2.18. The molecule has 6 N–H and O–H groups in total. The van der Waals surface area contributed by atoms with Crippen molar-refractivity contribution in [2.75, 3.05) is 13.1 Å². The second kappa shape index (κ2) is 11.5. The van der Waals surface area contributed by atoms with Crippen LogP contribution in [0.5, 0.6) is 0 Å². The van der Waals surface area contributed by atoms with Crippen molar-refractivity contribution >= 4 is 5.84 Å². The average Bonchev–Trinajstić information content (AvgIpc) is 2.70. The predicted molar refractivity (Wildman–Crippen MR) is 118 cm³/mol. The van der Waals surface area contributed by atoms with E-state index in [1.54, 1.807) is 5.01 Å². The van der Waals surface area contributed by atoms with Crippen molar-refractivity contribution in [3.63, 3.8) is 0 Å². The third-order valence-corrected chi connectivity index (χ3v) is 4.97. The van der Waals surface area contributed by atoms with Gasteiger partial charge in [-0.1, -0.05) is 57.0 Å². The maximum absolute atomic E-state index is 6.40. The molecule has 1 aromatic rings. The van der Waals surface area contributed by atoms with E-state index < -0.39 is 0 Å². The molecule has 0 unspecified atom stereocenters. The Labute approximate surface area is 169 Å². The van der Waals surface area contributed by atoms with E-state index in [2.05, 4.69) is 43.5 Å². The average molecular weight is 385 g/mol. The number of unbranched alkanes of at least 4 members (excludes halogenated alkanes) is 3. The number of amidine groups is 1. The normalized spacial score (nSPS) is 17.6. The van der Waals surface area contributed by atoms with Crippen LogP contribution in [0.4, 0.5) is 0 Å². The zero-order valence-corrected chi connectivity index (χ0v) is 17.5. The highest BCUT2D eigenvalue weighted by Gasteiger charge is 2.21. The molecule has 0 aliphatic carbocycles. The van der Waals surface area contributed by atoms with Gasteiger partial charge in [-0.15, -0.1) is 0 Å². The van der Waals surface area contributed by atoms with Crippen molar-refractivity contribution in [2.45, 2.75) is 53.0 Å². The van der Waals surface area contributed by atoms with Gasteiger partial charge in [0.1, 0.15) is 17.5 Å². The van der Waals surface area contributed by atoms with Crippen LogP contribution >= 0.6 is 0 Å². The summed E-state index contributed by atoms with van der Waals surface area (Å²) >= 11 is 0. The van der Waals surface area contributed by atoms with Gasteiger partial charge in [0, 0.05) is 12.6 Å². The fourth-order valence-corrected chi connectivity index (χ4v) is 2.92. The Balaban J connectivity index is 2.12. The summed E-state index contributed by atoms with van der Waals surface area (Å²) in [6.07, 6.45) is 6.57. The Morgan fingerprint density at radius 2 is 1.86 bits per heavy atom. The Bertz CT molecular complexity index is 690. The van der Waals surface area contributed by atoms with Crippen LogP contribution in [-0.4, -0.2) is 23.9 Å². The zero-order valence-electron chi connectivity index (χ0n) is 17.5. The summed E-state index contributed by atoms with van der Waals surface area (Å²) in [5, 5.41) is 8.59. The monoisotopic (exact) mass is 384 g/mol. The molecule has 0 atom stereocenters. The number of allylic oxidation sites excluding steroid dienone is 1. The van der Waals surface area contributed by atoms with Gasteiger partial charge in [-0.3, -0.25) is 4.99 Å². The van der Waals surface area contributed by atoms with Gasteiger partial charge in [0.25, 0.3) is 0 Å². The zero-order chi connectivity index (χ0) is 20.4. The minimum atomic E-state index is 0.388. The van der Waals surface area contributed by atoms with Gasteiger partial charge in [0.15, 0.2) is 0 Å². The summed E-state index contributed by atoms with van der Waals surface area (Å²) in [5.74, 6) is 9.38. The van der Waals surface area contributed by atoms with Gasteiger partial charge < -0.3 is 16.4 Å². The molecule has 2 rings (SSSR count). The van der Waals surface area contributed by atoms with Crippen molar-refractivity contribution in [2.24, 2.45) is 22.5 Å². The first-order chi connectivity index (χ1) is 13.5. The van der Waals surface area contributed by atoms with Gasteiger partial charge in [-0.25, -0.2) is 10.9 Å². The summed E-state index contributed by atoms with van der Waals surface area (Å²) in [6, 6.07) is 10.2. The van der Waals surface area contributed by atoms with Crippen molar-refractivity contribution in [3.05, 3.63) is 59.2 Å². The molecule has 0 bridgehead atoms. The molecule has 1 aliphatic heterocycles. The van der Waals surface area contributed by atoms with Crippen LogP contribution in [-0.2, 0) is 6.54 Å². The van der Waals surface area contributed by atoms with E-state index in [4.69, 9.17) is 16.6 Å². The maximum Gasteiger partial charge on any atom is 0.147 e. The van der Waals surface area contributed by atoms with Crippen molar-refractivity contribution in [1.29, 1.82) is 0 Å². The highest BCUT2D eigenvalue weighted by atomic mass is 15.5. The van der Waals surface area contributed by atoms with E-state index in [1.165, 1.54) is 18.4 Å². The lowest BCUT2D eigenvalue weighted by atomic mass is 10.0. The summed E-state index contributed by atoms with van der Waals surface area (Å²) in [7, 11) is 0. The third kappa shape index (κ3) is 6.69. The molecule has 0 saturated heterocycles. The first-order valence-corrected chi connectivity index (χ1v) is 10.3. The first-order valence-electron chi connectivity index (χ1n) is 10.3. The number of nitrogens with two attached hydrogens (primary N) is 2. The number of nitrogens with one attached hydrogen (secondary N) is 2. The topological polar surface area (TPSA) is 91.7 Å². The summed E-state index contributed by atoms with van der Waals surface area (Å²) in [4.78, 5) is 4.76. The molecular weight excluding hydrogens is 348 g/mol. The quantitative estimate of drug-likeness (QED) is 0.367. The van der Waals surface area contributed by atoms with E-state index in [1.807, 2.05) is 24.3 Å². The molecule has 1 heterocycles. The number of hydrazine groups is 1. The van der Waals surface area contributed by atoms with Crippen LogP contribution in [0, 0.1) is 5.92 Å². The Kier molecular flexibility index (Phi) is 9.04. The van der Waals surface area contributed by atoms with Crippen LogP contribution in [0.1, 0.15) is 52.0 Å². The number of rotatable bonds is 10. The molecule has 6 nitrogen and oxygen atoms in total. The minimum absolute atomic E-state index is 0.388. The number of hydrogen-bond acceptors (Lipinski definition) is 5. The number of benzene rings is 1. The van der Waals surface area contributed by atoms with Crippen LogP contribution in [0.15, 0.2) is 58.6 Å². The van der Waals surface area contributed by atoms with Crippen molar-refractivity contribution in [3.8, 4) is 0 Å². The number of aliphatic imine (C=N–C) groups is 1. The third-order valence-electron chi connectivity index (χ3n) is 4.97. The van der Waals surface area contributed by atoms with E-state index in [-0.39, 0.29) is 0 Å². The number of hydrogen-bond donors (Lipinski definition) is 4. The summed E-state index contributed by atoms with van der Waals surface area (Å²) in [6.45, 7) is 8.73. The molecule has 28 heavy (non-hydrogen) atoms. The van der Waals surface area contributed by atoms with E-state index >= 15 is 0 Å². The lowest BCUT2D eigenvalue weighted by Gasteiger charge is -2.32. The van der Waals surface area contributed by atoms with Gasteiger partial charge >= 0.3 is 0 Å². The standard InChI is InChI=1S/C22H36N6/c1-17(2)18(3)22-27-20(25-14-10-5-4-9-13-23)15-21(28(22)24)26-16-19-11-7-6-8-12-19/h6-8,11-12,15,17,25,27H,4-5,9-10,13-14,16,23-24H2,1-3H3/b22-18+,26-21?. The van der Waals surface area contributed by atoms with Crippen LogP contribution in [0.25, 0.3) is 0 Å². The molecule has 6 heteroatoms. The molecule has 154 valence electrons. The molecule has 1 aliphatic rings. The molecule has 0 spiro atoms. The van der Waals surface area contributed by atoms with Crippen LogP contribution in [0.2, 0.25) is 0 Å². The van der Waals surface area contributed by atoms with Crippen LogP contribution in [0.3, 0.4) is 0 Å². The van der Waals surface area contributed by atoms with E-state index in [9.17, 15) is 0 Å². The smallest absolute Gasteiger partial charge is 0.147 e. The van der Waals surface area contributed by atoms with Crippen molar-refractivity contribution < 1.29 is 0 Å². The fraction of sp³-hybridized carbons (Fsp3) is 0.500. The lowest BCUT2D eigenvalue weighted by Crippen LogP contribution is -2.48. The van der Waals surface area contributed by atoms with E-state index in [0.29, 0.717) is 12.5 Å². The first kappa shape index (κ1) is 22.0. The Morgan fingerprint density at radius 3 is 2.54 bits per heavy atom. The SMILES string of the molecule is C/C(=C1/NC(NCCCCCCN)=CC(=NCc2ccccc2)N1N)C(C)C. The van der Waals surface area contributed by atoms with Gasteiger partial charge in [0.2, 0.25) is 0 Å². The van der Waals surface area contributed by atoms with Crippen LogP contribution < -0.4 is 22.2 Å². The van der Waals surface area contributed by atoms with Crippen molar-refractivity contribution in [1.82, 2.24) is 15.6 Å². The molecule has 0 amide bonds. The summed E-state index contributed by atoms with van der Waals surface area (Å²) in [5.41, 5.74) is 7.92. The van der Waals surface area contributed by atoms with Gasteiger partial charge in [-0.2, -0.15) is 0 Å². The Morgan fingerprint density at radius 1 is 1.14 bits per heavy atom.